The van der Waals surface area contributed by atoms with E-state index in [1.165, 1.54) is 0 Å². The molecule has 5 heteroatoms. The van der Waals surface area contributed by atoms with Crippen molar-refractivity contribution in [2.45, 2.75) is 6.42 Å². The van der Waals surface area contributed by atoms with Crippen molar-refractivity contribution in [2.75, 3.05) is 18.1 Å². The van der Waals surface area contributed by atoms with Crippen molar-refractivity contribution in [3.8, 4) is 0 Å². The minimum atomic E-state index is 0.593. The van der Waals surface area contributed by atoms with E-state index in [1.54, 1.807) is 12.4 Å². The molecule has 1 aliphatic heterocycles. The SMILES string of the molecule is NC1=NCN(CCc2ncccn2)c2ccccc21. The summed E-state index contributed by atoms with van der Waals surface area (Å²) in [5.74, 6) is 1.46. The van der Waals surface area contributed by atoms with Crippen molar-refractivity contribution in [3.05, 3.63) is 54.1 Å². The summed E-state index contributed by atoms with van der Waals surface area (Å²) in [6.45, 7) is 1.42. The highest BCUT2D eigenvalue weighted by molar-refractivity contribution is 6.03. The molecule has 1 aliphatic rings. The van der Waals surface area contributed by atoms with Crippen molar-refractivity contribution >= 4 is 11.5 Å². The van der Waals surface area contributed by atoms with Crippen LogP contribution in [0.25, 0.3) is 0 Å². The summed E-state index contributed by atoms with van der Waals surface area (Å²) in [5.41, 5.74) is 8.05. The number of amidine groups is 1. The van der Waals surface area contributed by atoms with Crippen LogP contribution in [0.4, 0.5) is 5.69 Å². The van der Waals surface area contributed by atoms with Crippen LogP contribution < -0.4 is 10.6 Å². The zero-order valence-corrected chi connectivity index (χ0v) is 10.5. The third-order valence-corrected chi connectivity index (χ3v) is 3.16. The van der Waals surface area contributed by atoms with Gasteiger partial charge in [-0.15, -0.1) is 0 Å². The topological polar surface area (TPSA) is 67.4 Å². The zero-order chi connectivity index (χ0) is 13.1. The van der Waals surface area contributed by atoms with Gasteiger partial charge in [-0.25, -0.2) is 15.0 Å². The number of nitrogens with two attached hydrogens (primary N) is 1. The molecule has 0 saturated heterocycles. The van der Waals surface area contributed by atoms with Gasteiger partial charge in [0, 0.05) is 36.6 Å². The molecular formula is C14H15N5. The molecule has 0 atom stereocenters. The molecule has 2 N–H and O–H groups in total. The molecule has 0 saturated carbocycles. The lowest BCUT2D eigenvalue weighted by Crippen LogP contribution is -2.34. The molecule has 1 aromatic heterocycles. The Labute approximate surface area is 111 Å². The van der Waals surface area contributed by atoms with Gasteiger partial charge in [-0.1, -0.05) is 12.1 Å². The number of benzene rings is 1. The second-order valence-electron chi connectivity index (χ2n) is 4.38. The normalized spacial score (nSPS) is 13.9. The molecule has 5 nitrogen and oxygen atoms in total. The number of para-hydroxylation sites is 1. The van der Waals surface area contributed by atoms with Gasteiger partial charge in [0.2, 0.25) is 0 Å². The summed E-state index contributed by atoms with van der Waals surface area (Å²) >= 11 is 0. The fourth-order valence-corrected chi connectivity index (χ4v) is 2.17. The van der Waals surface area contributed by atoms with Crippen LogP contribution in [0.1, 0.15) is 11.4 Å². The second-order valence-corrected chi connectivity index (χ2v) is 4.38. The largest absolute Gasteiger partial charge is 0.383 e. The molecule has 0 bridgehead atoms. The summed E-state index contributed by atoms with van der Waals surface area (Å²) in [6.07, 6.45) is 4.33. The first-order valence-electron chi connectivity index (χ1n) is 6.25. The first kappa shape index (κ1) is 11.6. The van der Waals surface area contributed by atoms with E-state index >= 15 is 0 Å². The smallest absolute Gasteiger partial charge is 0.129 e. The molecule has 19 heavy (non-hydrogen) atoms. The predicted octanol–water partition coefficient (Wildman–Crippen LogP) is 1.20. The van der Waals surface area contributed by atoms with Crippen LogP contribution in [0, 0.1) is 0 Å². The highest BCUT2D eigenvalue weighted by Gasteiger charge is 2.17. The number of rotatable bonds is 3. The van der Waals surface area contributed by atoms with Gasteiger partial charge < -0.3 is 10.6 Å². The average molecular weight is 253 g/mol. The lowest BCUT2D eigenvalue weighted by atomic mass is 10.1. The molecule has 2 aromatic rings. The number of aliphatic imine (C=N–C) groups is 1. The Balaban J connectivity index is 1.77. The second kappa shape index (κ2) is 5.06. The Morgan fingerprint density at radius 3 is 2.74 bits per heavy atom. The fraction of sp³-hybridized carbons (Fsp3) is 0.214. The Bertz CT molecular complexity index is 594. The molecule has 0 aliphatic carbocycles. The first-order chi connectivity index (χ1) is 9.34. The number of fused-ring (bicyclic) bond motifs is 1. The van der Waals surface area contributed by atoms with Crippen LogP contribution in [-0.2, 0) is 6.42 Å². The summed E-state index contributed by atoms with van der Waals surface area (Å²) in [5, 5.41) is 0. The maximum Gasteiger partial charge on any atom is 0.129 e. The first-order valence-corrected chi connectivity index (χ1v) is 6.25. The molecule has 96 valence electrons. The third-order valence-electron chi connectivity index (χ3n) is 3.16. The summed E-state index contributed by atoms with van der Waals surface area (Å²) in [7, 11) is 0. The van der Waals surface area contributed by atoms with E-state index in [9.17, 15) is 0 Å². The van der Waals surface area contributed by atoms with Crippen LogP contribution in [0.3, 0.4) is 0 Å². The van der Waals surface area contributed by atoms with Crippen LogP contribution in [0.15, 0.2) is 47.7 Å². The fourth-order valence-electron chi connectivity index (χ4n) is 2.17. The van der Waals surface area contributed by atoms with Gasteiger partial charge in [0.25, 0.3) is 0 Å². The van der Waals surface area contributed by atoms with Crippen molar-refractivity contribution in [2.24, 2.45) is 10.7 Å². The minimum absolute atomic E-state index is 0.593. The predicted molar refractivity (Wildman–Crippen MR) is 75.1 cm³/mol. The number of aromatic nitrogens is 2. The van der Waals surface area contributed by atoms with E-state index < -0.39 is 0 Å². The van der Waals surface area contributed by atoms with Gasteiger partial charge >= 0.3 is 0 Å². The maximum absolute atomic E-state index is 5.91. The molecular weight excluding hydrogens is 238 g/mol. The van der Waals surface area contributed by atoms with Crippen LogP contribution in [0.2, 0.25) is 0 Å². The molecule has 2 heterocycles. The van der Waals surface area contributed by atoms with Gasteiger partial charge in [-0.3, -0.25) is 0 Å². The lowest BCUT2D eigenvalue weighted by Gasteiger charge is -2.28. The van der Waals surface area contributed by atoms with Crippen LogP contribution in [-0.4, -0.2) is 29.0 Å². The van der Waals surface area contributed by atoms with E-state index in [4.69, 9.17) is 5.73 Å². The average Bonchev–Trinajstić information content (AvgIpc) is 2.48. The van der Waals surface area contributed by atoms with Crippen molar-refractivity contribution in [3.63, 3.8) is 0 Å². The number of hydrogen-bond acceptors (Lipinski definition) is 5. The van der Waals surface area contributed by atoms with E-state index in [-0.39, 0.29) is 0 Å². The van der Waals surface area contributed by atoms with E-state index in [2.05, 4.69) is 25.9 Å². The molecule has 0 fully saturated rings. The number of hydrogen-bond donors (Lipinski definition) is 1. The van der Waals surface area contributed by atoms with Gasteiger partial charge in [-0.2, -0.15) is 0 Å². The molecule has 0 spiro atoms. The van der Waals surface area contributed by atoms with Crippen molar-refractivity contribution < 1.29 is 0 Å². The number of anilines is 1. The highest BCUT2D eigenvalue weighted by atomic mass is 15.2. The lowest BCUT2D eigenvalue weighted by molar-refractivity contribution is 0.756. The van der Waals surface area contributed by atoms with Crippen LogP contribution in [0.5, 0.6) is 0 Å². The van der Waals surface area contributed by atoms with Gasteiger partial charge in [0.15, 0.2) is 0 Å². The Hall–Kier alpha value is -2.43. The zero-order valence-electron chi connectivity index (χ0n) is 10.5. The van der Waals surface area contributed by atoms with Gasteiger partial charge in [0.05, 0.1) is 0 Å². The van der Waals surface area contributed by atoms with Crippen molar-refractivity contribution in [1.82, 2.24) is 9.97 Å². The van der Waals surface area contributed by atoms with Gasteiger partial charge in [-0.05, 0) is 18.2 Å². The molecule has 0 amide bonds. The van der Waals surface area contributed by atoms with E-state index in [0.29, 0.717) is 12.5 Å². The summed E-state index contributed by atoms with van der Waals surface area (Å²) in [6, 6.07) is 9.89. The molecule has 0 unspecified atom stereocenters. The molecule has 3 rings (SSSR count). The van der Waals surface area contributed by atoms with Crippen LogP contribution >= 0.6 is 0 Å². The molecule has 0 radical (unpaired) electrons. The number of nitrogens with zero attached hydrogens (tertiary/aromatic N) is 4. The third kappa shape index (κ3) is 2.40. The quantitative estimate of drug-likeness (QED) is 0.892. The standard InChI is InChI=1S/C14H15N5/c15-14-11-4-1-2-5-12(11)19(10-18-14)9-6-13-16-7-3-8-17-13/h1-5,7-8H,6,9-10H2,(H2,15,18). The van der Waals surface area contributed by atoms with Gasteiger partial charge in [0.1, 0.15) is 18.3 Å². The Morgan fingerprint density at radius 1 is 1.11 bits per heavy atom. The summed E-state index contributed by atoms with van der Waals surface area (Å²) in [4.78, 5) is 15.0. The summed E-state index contributed by atoms with van der Waals surface area (Å²) < 4.78 is 0. The monoisotopic (exact) mass is 253 g/mol. The van der Waals surface area contributed by atoms with Crippen molar-refractivity contribution in [1.29, 1.82) is 0 Å². The Kier molecular flexibility index (Phi) is 3.10. The highest BCUT2D eigenvalue weighted by Crippen LogP contribution is 2.23. The maximum atomic E-state index is 5.91. The molecule has 1 aromatic carbocycles. The van der Waals surface area contributed by atoms with E-state index in [1.807, 2.05) is 24.3 Å². The Morgan fingerprint density at radius 2 is 1.89 bits per heavy atom. The van der Waals surface area contributed by atoms with E-state index in [0.717, 1.165) is 30.0 Å². The minimum Gasteiger partial charge on any atom is -0.383 e.